The van der Waals surface area contributed by atoms with Gasteiger partial charge in [0.15, 0.2) is 6.61 Å². The molecule has 3 atom stereocenters. The van der Waals surface area contributed by atoms with Crippen LogP contribution in [0.4, 0.5) is 0 Å². The van der Waals surface area contributed by atoms with Crippen molar-refractivity contribution in [3.8, 4) is 178 Å². The maximum atomic E-state index is 11.9. The van der Waals surface area contributed by atoms with Gasteiger partial charge in [-0.05, 0) is 120 Å². The molecule has 0 heterocycles. The molecule has 238 valence electrons. The Morgan fingerprint density at radius 3 is 1.06 bits per heavy atom. The smallest absolute Gasteiger partial charge is 0.309 e. The molecule has 0 aliphatic rings. The van der Waals surface area contributed by atoms with E-state index in [1.807, 2.05) is 6.92 Å². The monoisotopic (exact) mass is 650 g/mol. The maximum Gasteiger partial charge on any atom is 0.309 e. The van der Waals surface area contributed by atoms with Gasteiger partial charge in [0.2, 0.25) is 0 Å². The Hall–Kier alpha value is -8.19. The summed E-state index contributed by atoms with van der Waals surface area (Å²) in [6, 6.07) is 0. The van der Waals surface area contributed by atoms with Gasteiger partial charge in [-0.2, -0.15) is 0 Å². The van der Waals surface area contributed by atoms with E-state index in [-0.39, 0.29) is 18.9 Å². The number of carbonyl (C=O) groups is 3. The van der Waals surface area contributed by atoms with Gasteiger partial charge in [-0.25, -0.2) is 0 Å². The number of hydrogen-bond acceptors (Lipinski definition) is 4. The highest BCUT2D eigenvalue weighted by Gasteiger charge is 2.23. The lowest BCUT2D eigenvalue weighted by molar-refractivity contribution is -0.149. The number of carbonyl (C=O) groups excluding carboxylic acids is 1. The zero-order valence-corrected chi connectivity index (χ0v) is 27.7. The molecule has 0 aromatic rings. The molecule has 0 radical (unpaired) electrons. The predicted octanol–water partition coefficient (Wildman–Crippen LogP) is 2.46. The van der Waals surface area contributed by atoms with Crippen LogP contribution in [0, 0.1) is 196 Å². The zero-order valence-electron chi connectivity index (χ0n) is 27.7. The molecule has 0 saturated carbocycles. The number of carboxylic acids is 2. The fourth-order valence-electron chi connectivity index (χ4n) is 2.29. The van der Waals surface area contributed by atoms with E-state index in [2.05, 4.69) is 172 Å². The lowest BCUT2D eigenvalue weighted by atomic mass is 9.94. The van der Waals surface area contributed by atoms with Crippen LogP contribution in [0.1, 0.15) is 47.0 Å². The molecule has 3 unspecified atom stereocenters. The van der Waals surface area contributed by atoms with E-state index in [9.17, 15) is 14.4 Å². The van der Waals surface area contributed by atoms with E-state index >= 15 is 0 Å². The third-order valence-electron chi connectivity index (χ3n) is 4.99. The van der Waals surface area contributed by atoms with E-state index in [1.54, 1.807) is 20.8 Å². The molecule has 6 heteroatoms. The molecule has 0 amide bonds. The summed E-state index contributed by atoms with van der Waals surface area (Å²) in [7, 11) is 0. The Kier molecular flexibility index (Phi) is 29.6. The first-order valence-electron chi connectivity index (χ1n) is 14.3. The van der Waals surface area contributed by atoms with Crippen LogP contribution in [0.2, 0.25) is 0 Å². The third kappa shape index (κ3) is 31.2. The number of terminal acetylenes is 1. The Morgan fingerprint density at radius 2 is 0.820 bits per heavy atom. The van der Waals surface area contributed by atoms with Crippen molar-refractivity contribution in [3.63, 3.8) is 0 Å². The van der Waals surface area contributed by atoms with Crippen LogP contribution in [-0.2, 0) is 19.1 Å². The average Bonchev–Trinajstić information content (AvgIpc) is 3.10. The highest BCUT2D eigenvalue weighted by molar-refractivity contribution is 5.75. The molecular weight excluding hydrogens is 624 g/mol. The molecule has 0 aromatic carbocycles. The van der Waals surface area contributed by atoms with Crippen molar-refractivity contribution < 1.29 is 29.3 Å². The number of hydrogen-bond donors (Lipinski definition) is 2. The maximum absolute atomic E-state index is 11.9. The summed E-state index contributed by atoms with van der Waals surface area (Å²) in [5, 5.41) is 17.2. The molecule has 2 N–H and O–H groups in total. The highest BCUT2D eigenvalue weighted by Crippen LogP contribution is 2.17. The van der Waals surface area contributed by atoms with Gasteiger partial charge in [-0.1, -0.05) is 27.7 Å². The number of carboxylic acid groups (broad SMARTS) is 2. The Balaban J connectivity index is 0. The minimum Gasteiger partial charge on any atom is -0.481 e. The lowest BCUT2D eigenvalue weighted by Gasteiger charge is -2.14. The van der Waals surface area contributed by atoms with E-state index in [1.165, 1.54) is 0 Å². The van der Waals surface area contributed by atoms with Crippen LogP contribution in [0.25, 0.3) is 0 Å². The molecule has 0 fully saturated rings. The van der Waals surface area contributed by atoms with Crippen molar-refractivity contribution >= 4 is 17.9 Å². The Morgan fingerprint density at radius 1 is 0.500 bits per heavy atom. The molecule has 6 nitrogen and oxygen atoms in total. The van der Waals surface area contributed by atoms with Crippen LogP contribution < -0.4 is 0 Å². The molecule has 0 aromatic heterocycles. The molecule has 0 rings (SSSR count). The second kappa shape index (κ2) is 33.7. The molecule has 0 aliphatic carbocycles. The van der Waals surface area contributed by atoms with E-state index < -0.39 is 29.7 Å². The zero-order chi connectivity index (χ0) is 37.5. The second-order valence-electron chi connectivity index (χ2n) is 8.53. The number of aliphatic carboxylic acids is 2. The molecule has 0 saturated heterocycles. The number of ether oxygens (including phenoxy) is 1. The van der Waals surface area contributed by atoms with E-state index in [0.717, 1.165) is 6.42 Å². The van der Waals surface area contributed by atoms with Gasteiger partial charge in [0.25, 0.3) is 0 Å². The van der Waals surface area contributed by atoms with Crippen molar-refractivity contribution in [2.24, 2.45) is 17.8 Å². The van der Waals surface area contributed by atoms with Crippen molar-refractivity contribution in [1.29, 1.82) is 0 Å². The summed E-state index contributed by atoms with van der Waals surface area (Å²) in [5.41, 5.74) is 0. The van der Waals surface area contributed by atoms with E-state index in [4.69, 9.17) is 21.4 Å². The lowest BCUT2D eigenvalue weighted by Crippen LogP contribution is -2.22. The molecule has 0 bridgehead atoms. The van der Waals surface area contributed by atoms with Crippen LogP contribution in [0.5, 0.6) is 0 Å². The second-order valence-corrected chi connectivity index (χ2v) is 8.53. The summed E-state index contributed by atoms with van der Waals surface area (Å²) in [5.74, 6) is 67.9. The topological polar surface area (TPSA) is 101 Å². The van der Waals surface area contributed by atoms with Gasteiger partial charge in [0, 0.05) is 71.0 Å². The first-order chi connectivity index (χ1) is 24.2. The van der Waals surface area contributed by atoms with Crippen LogP contribution >= 0.6 is 0 Å². The summed E-state index contributed by atoms with van der Waals surface area (Å²) in [6.45, 7) is 6.78. The van der Waals surface area contributed by atoms with Gasteiger partial charge in [0.05, 0.1) is 17.8 Å². The summed E-state index contributed by atoms with van der Waals surface area (Å²) in [4.78, 5) is 32.8. The normalized spacial score (nSPS) is 8.22. The Bertz CT molecular complexity index is 2220. The fourth-order valence-corrected chi connectivity index (χ4v) is 2.29. The standard InChI is InChI=1S/C39H16O4.C5H10O2/c1-4-6-7-8-9-10-11-12-13-14-15-16-17-18-19-20-21-22-23-24-25-26-27-28-29-30-31-32-33-34-43-39(42)36(3)35-37(5-2)38(40)41;1-3-4(2)5(6)7/h1,36-37H,5,34-35H2,2-3H3,(H,40,41);4H,3H2,1-2H3,(H,6,7). The van der Waals surface area contributed by atoms with Crippen LogP contribution in [0.3, 0.4) is 0 Å². The number of esters is 1. The van der Waals surface area contributed by atoms with Gasteiger partial charge in [0.1, 0.15) is 0 Å². The van der Waals surface area contributed by atoms with Gasteiger partial charge in [-0.3, -0.25) is 14.4 Å². The third-order valence-corrected chi connectivity index (χ3v) is 4.99. The van der Waals surface area contributed by atoms with Gasteiger partial charge >= 0.3 is 17.9 Å². The summed E-state index contributed by atoms with van der Waals surface area (Å²) in [6.07, 6.45) is 6.30. The quantitative estimate of drug-likeness (QED) is 0.310. The molecular formula is C44H26O6. The van der Waals surface area contributed by atoms with Crippen LogP contribution in [-0.4, -0.2) is 34.7 Å². The van der Waals surface area contributed by atoms with Crippen molar-refractivity contribution in [1.82, 2.24) is 0 Å². The minimum atomic E-state index is -0.928. The van der Waals surface area contributed by atoms with Crippen molar-refractivity contribution in [2.75, 3.05) is 6.61 Å². The molecule has 0 spiro atoms. The molecule has 0 aliphatic heterocycles. The fraction of sp³-hybridized carbons (Fsp3) is 0.250. The summed E-state index contributed by atoms with van der Waals surface area (Å²) >= 11 is 0. The first-order valence-corrected chi connectivity index (χ1v) is 14.3. The van der Waals surface area contributed by atoms with E-state index in [0.29, 0.717) is 6.42 Å². The van der Waals surface area contributed by atoms with Crippen molar-refractivity contribution in [2.45, 2.75) is 47.0 Å². The Labute approximate surface area is 296 Å². The van der Waals surface area contributed by atoms with Gasteiger partial charge in [-0.15, -0.1) is 6.42 Å². The highest BCUT2D eigenvalue weighted by atomic mass is 16.5. The van der Waals surface area contributed by atoms with Crippen molar-refractivity contribution in [3.05, 3.63) is 0 Å². The minimum absolute atomic E-state index is 0.149. The largest absolute Gasteiger partial charge is 0.481 e. The predicted molar refractivity (Wildman–Crippen MR) is 191 cm³/mol. The average molecular weight is 651 g/mol. The molecule has 50 heavy (non-hydrogen) atoms. The van der Waals surface area contributed by atoms with Gasteiger partial charge < -0.3 is 14.9 Å². The van der Waals surface area contributed by atoms with Crippen LogP contribution in [0.15, 0.2) is 0 Å². The summed E-state index contributed by atoms with van der Waals surface area (Å²) < 4.78 is 4.99. The number of rotatable bonds is 8. The first kappa shape index (κ1) is 43.9. The SMILES string of the molecule is C#CC#CC#CC#CC#CC#CC#CC#CC#CC#CC#CC#CC#CC#CC#CCOC(=O)C(C)CC(CC)C(=O)O.CCC(C)C(=O)O.